The zero-order chi connectivity index (χ0) is 11.6. The molecule has 0 radical (unpaired) electrons. The maximum absolute atomic E-state index is 11.8. The summed E-state index contributed by atoms with van der Waals surface area (Å²) in [5.74, 6) is 0.392. The number of nitrogens with zero attached hydrogens (tertiary/aromatic N) is 2. The van der Waals surface area contributed by atoms with Gasteiger partial charge in [0.25, 0.3) is 10.0 Å². The average Bonchev–Trinajstić information content (AvgIpc) is 2.86. The molecule has 2 aromatic rings. The summed E-state index contributed by atoms with van der Waals surface area (Å²) in [6.45, 7) is 1.92. The highest BCUT2D eigenvalue weighted by atomic mass is 32.2. The van der Waals surface area contributed by atoms with Crippen LogP contribution in [0.2, 0.25) is 0 Å². The van der Waals surface area contributed by atoms with E-state index in [1.54, 1.807) is 6.20 Å². The molecule has 0 aliphatic rings. The minimum atomic E-state index is -3.59. The summed E-state index contributed by atoms with van der Waals surface area (Å²) >= 11 is 0. The van der Waals surface area contributed by atoms with E-state index in [-0.39, 0.29) is 4.90 Å². The predicted octanol–water partition coefficient (Wildman–Crippen LogP) is 0.496. The van der Waals surface area contributed by atoms with Crippen LogP contribution in [0.5, 0.6) is 0 Å². The van der Waals surface area contributed by atoms with Crippen LogP contribution < -0.4 is 4.72 Å². The van der Waals surface area contributed by atoms with Crippen molar-refractivity contribution in [3.8, 4) is 0 Å². The third-order valence-corrected chi connectivity index (χ3v) is 3.44. The average molecular weight is 241 g/mol. The van der Waals surface area contributed by atoms with Crippen molar-refractivity contribution in [1.29, 1.82) is 0 Å². The van der Waals surface area contributed by atoms with E-state index in [0.717, 1.165) is 5.56 Å². The fraction of sp³-hybridized carbons (Fsp3) is 0.250. The number of anilines is 1. The quantitative estimate of drug-likeness (QED) is 0.724. The van der Waals surface area contributed by atoms with Gasteiger partial charge in [0.15, 0.2) is 0 Å². The monoisotopic (exact) mass is 241 g/mol. The number of H-pyrrole nitrogens is 2. The highest BCUT2D eigenvalue weighted by Gasteiger charge is 2.17. The number of hydrogen-bond acceptors (Lipinski definition) is 4. The molecule has 86 valence electrons. The number of aryl methyl sites for hydroxylation is 1. The van der Waals surface area contributed by atoms with Crippen LogP contribution in [0.4, 0.5) is 5.82 Å². The second kappa shape index (κ2) is 3.97. The van der Waals surface area contributed by atoms with Gasteiger partial charge in [-0.3, -0.25) is 14.9 Å². The van der Waals surface area contributed by atoms with Crippen molar-refractivity contribution in [2.24, 2.45) is 0 Å². The van der Waals surface area contributed by atoms with Crippen LogP contribution in [0.1, 0.15) is 12.5 Å². The van der Waals surface area contributed by atoms with E-state index in [2.05, 4.69) is 25.1 Å². The molecule has 8 heteroatoms. The van der Waals surface area contributed by atoms with E-state index < -0.39 is 10.0 Å². The van der Waals surface area contributed by atoms with E-state index in [0.29, 0.717) is 12.2 Å². The van der Waals surface area contributed by atoms with Crippen LogP contribution in [0, 0.1) is 0 Å². The smallest absolute Gasteiger partial charge is 0.266 e. The topological polar surface area (TPSA) is 104 Å². The molecule has 7 nitrogen and oxygen atoms in total. The van der Waals surface area contributed by atoms with Gasteiger partial charge >= 0.3 is 0 Å². The Morgan fingerprint density at radius 3 is 2.81 bits per heavy atom. The summed E-state index contributed by atoms with van der Waals surface area (Å²) in [6.07, 6.45) is 4.83. The second-order valence-electron chi connectivity index (χ2n) is 3.16. The van der Waals surface area contributed by atoms with E-state index in [9.17, 15) is 8.42 Å². The van der Waals surface area contributed by atoms with Crippen LogP contribution in [0.3, 0.4) is 0 Å². The number of rotatable bonds is 4. The second-order valence-corrected chi connectivity index (χ2v) is 4.85. The molecule has 0 unspecified atom stereocenters. The maximum atomic E-state index is 11.8. The van der Waals surface area contributed by atoms with Crippen molar-refractivity contribution >= 4 is 15.8 Å². The van der Waals surface area contributed by atoms with Crippen molar-refractivity contribution < 1.29 is 8.42 Å². The summed E-state index contributed by atoms with van der Waals surface area (Å²) in [6, 6.07) is 0. The third kappa shape index (κ3) is 1.91. The first kappa shape index (κ1) is 10.7. The van der Waals surface area contributed by atoms with Crippen molar-refractivity contribution in [2.75, 3.05) is 4.72 Å². The Bertz CT molecular complexity index is 557. The van der Waals surface area contributed by atoms with Crippen molar-refractivity contribution in [3.05, 3.63) is 24.2 Å². The zero-order valence-corrected chi connectivity index (χ0v) is 9.37. The lowest BCUT2D eigenvalue weighted by Crippen LogP contribution is -2.13. The number of nitrogens with one attached hydrogen (secondary N) is 3. The Morgan fingerprint density at radius 1 is 1.38 bits per heavy atom. The molecule has 0 aliphatic heterocycles. The highest BCUT2D eigenvalue weighted by molar-refractivity contribution is 7.92. The Kier molecular flexibility index (Phi) is 2.65. The summed E-state index contributed by atoms with van der Waals surface area (Å²) in [7, 11) is -3.59. The molecule has 0 saturated heterocycles. The fourth-order valence-corrected chi connectivity index (χ4v) is 2.21. The standard InChI is InChI=1S/C8H11N5O2S/c1-2-6-3-11-12-8(6)13-16(14,15)7-4-9-10-5-7/h3-5H,2H2,1H3,(H,9,10)(H2,11,12,13). The van der Waals surface area contributed by atoms with Gasteiger partial charge in [-0.1, -0.05) is 6.92 Å². The molecule has 0 spiro atoms. The van der Waals surface area contributed by atoms with E-state index >= 15 is 0 Å². The van der Waals surface area contributed by atoms with Gasteiger partial charge in [0.05, 0.1) is 12.4 Å². The van der Waals surface area contributed by atoms with Gasteiger partial charge in [-0.2, -0.15) is 10.2 Å². The maximum Gasteiger partial charge on any atom is 0.266 e. The lowest BCUT2D eigenvalue weighted by atomic mass is 10.3. The molecule has 0 bridgehead atoms. The van der Waals surface area contributed by atoms with Crippen LogP contribution in [0.25, 0.3) is 0 Å². The SMILES string of the molecule is CCc1cn[nH]c1NS(=O)(=O)c1cn[nH]c1. The van der Waals surface area contributed by atoms with E-state index in [1.807, 2.05) is 6.92 Å². The third-order valence-electron chi connectivity index (χ3n) is 2.12. The summed E-state index contributed by atoms with van der Waals surface area (Å²) in [5, 5.41) is 12.4. The Balaban J connectivity index is 2.29. The molecule has 0 aliphatic carbocycles. The van der Waals surface area contributed by atoms with Gasteiger partial charge in [-0.25, -0.2) is 8.42 Å². The zero-order valence-electron chi connectivity index (χ0n) is 8.56. The Labute approximate surface area is 92.3 Å². The lowest BCUT2D eigenvalue weighted by molar-refractivity contribution is 0.601. The normalized spacial score (nSPS) is 11.6. The van der Waals surface area contributed by atoms with Crippen LogP contribution in [0.15, 0.2) is 23.5 Å². The largest absolute Gasteiger partial charge is 0.284 e. The molecule has 0 fully saturated rings. The van der Waals surface area contributed by atoms with Gasteiger partial charge in [0, 0.05) is 11.8 Å². The minimum Gasteiger partial charge on any atom is -0.284 e. The predicted molar refractivity (Wildman–Crippen MR) is 57.4 cm³/mol. The van der Waals surface area contributed by atoms with E-state index in [4.69, 9.17) is 0 Å². The van der Waals surface area contributed by atoms with Crippen LogP contribution in [-0.4, -0.2) is 28.8 Å². The molecule has 2 heterocycles. The summed E-state index contributed by atoms with van der Waals surface area (Å²) in [5.41, 5.74) is 0.812. The molecular formula is C8H11N5O2S. The van der Waals surface area contributed by atoms with E-state index in [1.165, 1.54) is 12.4 Å². The van der Waals surface area contributed by atoms with Gasteiger partial charge in [-0.15, -0.1) is 0 Å². The van der Waals surface area contributed by atoms with Crippen LogP contribution >= 0.6 is 0 Å². The molecule has 2 aromatic heterocycles. The molecule has 16 heavy (non-hydrogen) atoms. The summed E-state index contributed by atoms with van der Waals surface area (Å²) in [4.78, 5) is 0.0872. The van der Waals surface area contributed by atoms with Crippen LogP contribution in [-0.2, 0) is 16.4 Å². The Hall–Kier alpha value is -1.83. The summed E-state index contributed by atoms with van der Waals surface area (Å²) < 4.78 is 26.0. The first-order chi connectivity index (χ1) is 7.63. The molecule has 2 rings (SSSR count). The highest BCUT2D eigenvalue weighted by Crippen LogP contribution is 2.16. The van der Waals surface area contributed by atoms with Gasteiger partial charge in [0.1, 0.15) is 10.7 Å². The lowest BCUT2D eigenvalue weighted by Gasteiger charge is -2.04. The first-order valence-corrected chi connectivity index (χ1v) is 6.15. The molecule has 0 aromatic carbocycles. The minimum absolute atomic E-state index is 0.0872. The Morgan fingerprint density at radius 2 is 2.19 bits per heavy atom. The molecular weight excluding hydrogens is 230 g/mol. The number of hydrogen-bond donors (Lipinski definition) is 3. The molecule has 0 amide bonds. The molecule has 0 saturated carbocycles. The van der Waals surface area contributed by atoms with Gasteiger partial charge < -0.3 is 0 Å². The number of sulfonamides is 1. The fourth-order valence-electron chi connectivity index (χ4n) is 1.25. The van der Waals surface area contributed by atoms with Gasteiger partial charge in [-0.05, 0) is 6.42 Å². The van der Waals surface area contributed by atoms with Crippen molar-refractivity contribution in [3.63, 3.8) is 0 Å². The number of aromatic amines is 2. The van der Waals surface area contributed by atoms with Crippen molar-refractivity contribution in [2.45, 2.75) is 18.2 Å². The molecule has 3 N–H and O–H groups in total. The number of aromatic nitrogens is 4. The van der Waals surface area contributed by atoms with Crippen molar-refractivity contribution in [1.82, 2.24) is 20.4 Å². The molecule has 0 atom stereocenters. The first-order valence-electron chi connectivity index (χ1n) is 4.67. The van der Waals surface area contributed by atoms with Gasteiger partial charge in [0.2, 0.25) is 0 Å².